The first-order chi connectivity index (χ1) is 16.3. The van der Waals surface area contributed by atoms with Crippen molar-refractivity contribution in [2.75, 3.05) is 16.0 Å². The molecule has 3 aromatic rings. The highest BCUT2D eigenvalue weighted by atomic mass is 16.2. The number of para-hydroxylation sites is 1. The van der Waals surface area contributed by atoms with Gasteiger partial charge in [0.25, 0.3) is 11.8 Å². The van der Waals surface area contributed by atoms with Gasteiger partial charge in [0.2, 0.25) is 5.91 Å². The molecular formula is C26H24N4O4. The molecule has 3 aromatic carbocycles. The molecule has 1 heterocycles. The van der Waals surface area contributed by atoms with Crippen LogP contribution >= 0.6 is 0 Å². The molecule has 0 fully saturated rings. The van der Waals surface area contributed by atoms with Crippen LogP contribution in [-0.4, -0.2) is 34.7 Å². The molecular weight excluding hydrogens is 432 g/mol. The lowest BCUT2D eigenvalue weighted by Crippen LogP contribution is -2.50. The van der Waals surface area contributed by atoms with Crippen LogP contribution in [0.5, 0.6) is 0 Å². The summed E-state index contributed by atoms with van der Waals surface area (Å²) in [5.74, 6) is -1.71. The molecule has 0 bridgehead atoms. The fourth-order valence-electron chi connectivity index (χ4n) is 3.85. The summed E-state index contributed by atoms with van der Waals surface area (Å²) in [4.78, 5) is 52.0. The number of fused-ring (bicyclic) bond motifs is 1. The van der Waals surface area contributed by atoms with Gasteiger partial charge in [-0.2, -0.15) is 0 Å². The van der Waals surface area contributed by atoms with Crippen LogP contribution in [0.2, 0.25) is 0 Å². The Morgan fingerprint density at radius 3 is 1.59 bits per heavy atom. The van der Waals surface area contributed by atoms with Gasteiger partial charge >= 0.3 is 6.03 Å². The van der Waals surface area contributed by atoms with Crippen molar-refractivity contribution in [3.05, 3.63) is 90.0 Å². The second-order valence-electron chi connectivity index (χ2n) is 8.23. The second kappa shape index (κ2) is 9.58. The number of imide groups is 1. The summed E-state index contributed by atoms with van der Waals surface area (Å²) in [6.07, 6.45) is 0. The Morgan fingerprint density at radius 2 is 1.09 bits per heavy atom. The van der Waals surface area contributed by atoms with Crippen molar-refractivity contribution in [3.63, 3.8) is 0 Å². The maximum atomic E-state index is 13.1. The zero-order valence-corrected chi connectivity index (χ0v) is 18.7. The molecule has 1 aliphatic rings. The minimum atomic E-state index is -0.971. The van der Waals surface area contributed by atoms with Gasteiger partial charge in [-0.3, -0.25) is 19.3 Å². The van der Waals surface area contributed by atoms with Gasteiger partial charge in [-0.1, -0.05) is 44.2 Å². The van der Waals surface area contributed by atoms with E-state index in [1.165, 1.54) is 0 Å². The molecule has 0 saturated heterocycles. The number of hydrogen-bond acceptors (Lipinski definition) is 4. The Morgan fingerprint density at radius 1 is 0.647 bits per heavy atom. The number of nitrogens with one attached hydrogen (secondary N) is 3. The maximum absolute atomic E-state index is 13.1. The topological polar surface area (TPSA) is 108 Å². The predicted octanol–water partition coefficient (Wildman–Crippen LogP) is 4.59. The quantitative estimate of drug-likeness (QED) is 0.472. The third-order valence-electron chi connectivity index (χ3n) is 5.45. The number of carbonyl (C=O) groups is 4. The van der Waals surface area contributed by atoms with E-state index < -0.39 is 29.8 Å². The van der Waals surface area contributed by atoms with Crippen LogP contribution in [0.3, 0.4) is 0 Å². The standard InChI is InChI=1S/C26H24N4O4/c1-16(2)22(30-24(32)20-10-6-7-11-21(20)25(30)33)23(31)27-18-12-14-19(15-13-18)29-26(34)28-17-8-4-3-5-9-17/h3-16,22H,1-2H3,(H,27,31)(H2,28,29,34). The van der Waals surface area contributed by atoms with Gasteiger partial charge in [0.05, 0.1) is 11.1 Å². The summed E-state index contributed by atoms with van der Waals surface area (Å²) in [6.45, 7) is 3.57. The smallest absolute Gasteiger partial charge is 0.323 e. The van der Waals surface area contributed by atoms with Crippen molar-refractivity contribution in [2.45, 2.75) is 19.9 Å². The average molecular weight is 457 g/mol. The third-order valence-corrected chi connectivity index (χ3v) is 5.45. The second-order valence-corrected chi connectivity index (χ2v) is 8.23. The fraction of sp³-hybridized carbons (Fsp3) is 0.154. The lowest BCUT2D eigenvalue weighted by atomic mass is 10.0. The number of carbonyl (C=O) groups excluding carboxylic acids is 4. The summed E-state index contributed by atoms with van der Waals surface area (Å²) in [5, 5.41) is 8.22. The van der Waals surface area contributed by atoms with Crippen molar-refractivity contribution in [3.8, 4) is 0 Å². The number of benzene rings is 3. The SMILES string of the molecule is CC(C)C(C(=O)Nc1ccc(NC(=O)Nc2ccccc2)cc1)N1C(=O)c2ccccc2C1=O. The molecule has 34 heavy (non-hydrogen) atoms. The van der Waals surface area contributed by atoms with Crippen LogP contribution in [-0.2, 0) is 4.79 Å². The first-order valence-electron chi connectivity index (χ1n) is 10.9. The fourth-order valence-corrected chi connectivity index (χ4v) is 3.85. The van der Waals surface area contributed by atoms with Crippen LogP contribution < -0.4 is 16.0 Å². The zero-order valence-electron chi connectivity index (χ0n) is 18.7. The van der Waals surface area contributed by atoms with Crippen molar-refractivity contribution < 1.29 is 19.2 Å². The molecule has 1 unspecified atom stereocenters. The van der Waals surface area contributed by atoms with E-state index in [4.69, 9.17) is 0 Å². The lowest BCUT2D eigenvalue weighted by Gasteiger charge is -2.28. The Kier molecular flexibility index (Phi) is 6.40. The molecule has 1 aliphatic heterocycles. The van der Waals surface area contributed by atoms with Gasteiger partial charge < -0.3 is 16.0 Å². The Hall–Kier alpha value is -4.46. The van der Waals surface area contributed by atoms with Gasteiger partial charge in [0.1, 0.15) is 6.04 Å². The van der Waals surface area contributed by atoms with Gasteiger partial charge in [0, 0.05) is 17.1 Å². The molecule has 0 aromatic heterocycles. The molecule has 0 saturated carbocycles. The van der Waals surface area contributed by atoms with Crippen molar-refractivity contribution in [1.82, 2.24) is 4.90 Å². The number of hydrogen-bond donors (Lipinski definition) is 3. The Balaban J connectivity index is 1.42. The van der Waals surface area contributed by atoms with Crippen LogP contribution in [0.4, 0.5) is 21.9 Å². The van der Waals surface area contributed by atoms with E-state index >= 15 is 0 Å². The summed E-state index contributed by atoms with van der Waals surface area (Å²) in [5.41, 5.74) is 2.27. The molecule has 8 nitrogen and oxygen atoms in total. The number of nitrogens with zero attached hydrogens (tertiary/aromatic N) is 1. The van der Waals surface area contributed by atoms with E-state index in [9.17, 15) is 19.2 Å². The first-order valence-corrected chi connectivity index (χ1v) is 10.9. The highest BCUT2D eigenvalue weighted by Gasteiger charge is 2.43. The first kappa shape index (κ1) is 22.7. The molecule has 0 radical (unpaired) electrons. The predicted molar refractivity (Wildman–Crippen MR) is 130 cm³/mol. The summed E-state index contributed by atoms with van der Waals surface area (Å²) < 4.78 is 0. The van der Waals surface area contributed by atoms with E-state index in [1.807, 2.05) is 18.2 Å². The Labute approximate surface area is 197 Å². The molecule has 8 heteroatoms. The van der Waals surface area contributed by atoms with Crippen molar-refractivity contribution in [2.24, 2.45) is 5.92 Å². The van der Waals surface area contributed by atoms with E-state index in [-0.39, 0.29) is 5.92 Å². The molecule has 172 valence electrons. The molecule has 3 N–H and O–H groups in total. The van der Waals surface area contributed by atoms with Crippen molar-refractivity contribution in [1.29, 1.82) is 0 Å². The Bertz CT molecular complexity index is 1200. The van der Waals surface area contributed by atoms with Crippen LogP contribution in [0.25, 0.3) is 0 Å². The summed E-state index contributed by atoms with van der Waals surface area (Å²) in [7, 11) is 0. The van der Waals surface area contributed by atoms with Gasteiger partial charge in [-0.25, -0.2) is 4.79 Å². The third kappa shape index (κ3) is 4.66. The van der Waals surface area contributed by atoms with Crippen LogP contribution in [0, 0.1) is 5.92 Å². The summed E-state index contributed by atoms with van der Waals surface area (Å²) in [6, 6.07) is 20.8. The largest absolute Gasteiger partial charge is 0.324 e. The summed E-state index contributed by atoms with van der Waals surface area (Å²) >= 11 is 0. The highest BCUT2D eigenvalue weighted by molar-refractivity contribution is 6.23. The monoisotopic (exact) mass is 456 g/mol. The normalized spacial score (nSPS) is 13.4. The minimum Gasteiger partial charge on any atom is -0.324 e. The lowest BCUT2D eigenvalue weighted by molar-refractivity contribution is -0.121. The molecule has 0 spiro atoms. The highest BCUT2D eigenvalue weighted by Crippen LogP contribution is 2.28. The van der Waals surface area contributed by atoms with Crippen LogP contribution in [0.1, 0.15) is 34.6 Å². The van der Waals surface area contributed by atoms with Crippen LogP contribution in [0.15, 0.2) is 78.9 Å². The number of urea groups is 1. The van der Waals surface area contributed by atoms with E-state index in [1.54, 1.807) is 74.5 Å². The van der Waals surface area contributed by atoms with E-state index in [0.717, 1.165) is 4.90 Å². The maximum Gasteiger partial charge on any atom is 0.323 e. The minimum absolute atomic E-state index is 0.301. The van der Waals surface area contributed by atoms with Crippen molar-refractivity contribution >= 4 is 40.8 Å². The van der Waals surface area contributed by atoms with E-state index in [2.05, 4.69) is 16.0 Å². The molecule has 0 aliphatic carbocycles. The zero-order chi connectivity index (χ0) is 24.2. The number of amides is 5. The molecule has 1 atom stereocenters. The molecule has 4 rings (SSSR count). The van der Waals surface area contributed by atoms with Gasteiger partial charge in [0.15, 0.2) is 0 Å². The van der Waals surface area contributed by atoms with Gasteiger partial charge in [-0.05, 0) is 54.4 Å². The number of rotatable bonds is 6. The van der Waals surface area contributed by atoms with Gasteiger partial charge in [-0.15, -0.1) is 0 Å². The number of anilines is 3. The average Bonchev–Trinajstić information content (AvgIpc) is 3.06. The van der Waals surface area contributed by atoms with E-state index in [0.29, 0.717) is 28.2 Å². The molecule has 5 amide bonds.